The highest BCUT2D eigenvalue weighted by Crippen LogP contribution is 2.20. The maximum absolute atomic E-state index is 12.6. The van der Waals surface area contributed by atoms with Gasteiger partial charge in [-0.1, -0.05) is 78.1 Å². The number of nitrogens with one attached hydrogen (secondary N) is 1. The lowest BCUT2D eigenvalue weighted by molar-refractivity contribution is -0.142. The zero-order valence-electron chi connectivity index (χ0n) is 15.8. The third-order valence-electron chi connectivity index (χ3n) is 4.93. The maximum atomic E-state index is 12.6. The van der Waals surface area contributed by atoms with Crippen molar-refractivity contribution in [2.45, 2.75) is 103 Å². The van der Waals surface area contributed by atoms with E-state index in [0.717, 1.165) is 25.7 Å². The monoisotopic (exact) mass is 339 g/mol. The Balaban J connectivity index is 2.34. The molecule has 1 unspecified atom stereocenters. The van der Waals surface area contributed by atoms with Crippen molar-refractivity contribution in [3.8, 4) is 0 Å². The van der Waals surface area contributed by atoms with Gasteiger partial charge in [0.25, 0.3) is 0 Å². The minimum atomic E-state index is -0.416. The van der Waals surface area contributed by atoms with E-state index in [0.29, 0.717) is 13.0 Å². The van der Waals surface area contributed by atoms with Crippen LogP contribution in [0.2, 0.25) is 0 Å². The van der Waals surface area contributed by atoms with Crippen LogP contribution in [-0.2, 0) is 14.3 Å². The predicted octanol–water partition coefficient (Wildman–Crippen LogP) is 4.76. The number of rotatable bonds is 14. The fourth-order valence-electron chi connectivity index (χ4n) is 3.31. The molecule has 0 aromatic heterocycles. The number of amides is 1. The standard InChI is InChI=1S/C20H37NO3/c1-3-5-7-9-10-12-14-17(13-11-8-6-4-2)19(22)21-18-15-16-24-20(18)23/h17-18H,3-16H2,1-2H3,(H,21,22)/t17?,18-/m0/s1. The summed E-state index contributed by atoms with van der Waals surface area (Å²) in [5.74, 6) is -0.155. The Morgan fingerprint density at radius 3 is 2.08 bits per heavy atom. The summed E-state index contributed by atoms with van der Waals surface area (Å²) in [5.41, 5.74) is 0. The van der Waals surface area contributed by atoms with Crippen molar-refractivity contribution < 1.29 is 14.3 Å². The minimum Gasteiger partial charge on any atom is -0.464 e. The van der Waals surface area contributed by atoms with Gasteiger partial charge in [-0.2, -0.15) is 0 Å². The molecule has 1 aliphatic rings. The molecule has 1 rings (SSSR count). The Labute approximate surface area is 148 Å². The fraction of sp³-hybridized carbons (Fsp3) is 0.900. The molecular formula is C20H37NO3. The smallest absolute Gasteiger partial charge is 0.328 e. The van der Waals surface area contributed by atoms with Gasteiger partial charge >= 0.3 is 5.97 Å². The topological polar surface area (TPSA) is 55.4 Å². The molecule has 0 bridgehead atoms. The molecule has 1 amide bonds. The van der Waals surface area contributed by atoms with Gasteiger partial charge in [-0.25, -0.2) is 4.79 Å². The number of hydrogen-bond donors (Lipinski definition) is 1. The van der Waals surface area contributed by atoms with E-state index >= 15 is 0 Å². The van der Waals surface area contributed by atoms with Gasteiger partial charge in [-0.15, -0.1) is 0 Å². The average molecular weight is 340 g/mol. The van der Waals surface area contributed by atoms with Crippen LogP contribution < -0.4 is 5.32 Å². The van der Waals surface area contributed by atoms with Crippen molar-refractivity contribution in [2.24, 2.45) is 5.92 Å². The normalized spacial score (nSPS) is 18.4. The number of carbonyl (C=O) groups excluding carboxylic acids is 2. The van der Waals surface area contributed by atoms with Crippen molar-refractivity contribution in [1.29, 1.82) is 0 Å². The second kappa shape index (κ2) is 13.3. The molecule has 140 valence electrons. The Hall–Kier alpha value is -1.06. The average Bonchev–Trinajstić information content (AvgIpc) is 2.97. The first kappa shape index (κ1) is 21.0. The molecule has 4 nitrogen and oxygen atoms in total. The molecule has 0 aliphatic carbocycles. The van der Waals surface area contributed by atoms with E-state index in [2.05, 4.69) is 19.2 Å². The minimum absolute atomic E-state index is 0.0569. The van der Waals surface area contributed by atoms with E-state index in [1.54, 1.807) is 0 Å². The SMILES string of the molecule is CCCCCCCCC(CCCCCC)C(=O)N[C@H]1CCOC1=O. The highest BCUT2D eigenvalue weighted by molar-refractivity contribution is 5.86. The van der Waals surface area contributed by atoms with Crippen molar-refractivity contribution in [2.75, 3.05) is 6.61 Å². The van der Waals surface area contributed by atoms with Crippen LogP contribution in [0.5, 0.6) is 0 Å². The maximum Gasteiger partial charge on any atom is 0.328 e. The lowest BCUT2D eigenvalue weighted by atomic mass is 9.93. The van der Waals surface area contributed by atoms with Gasteiger partial charge < -0.3 is 10.1 Å². The van der Waals surface area contributed by atoms with Crippen LogP contribution in [0.4, 0.5) is 0 Å². The molecule has 1 heterocycles. The van der Waals surface area contributed by atoms with Crippen molar-refractivity contribution in [1.82, 2.24) is 5.32 Å². The summed E-state index contributed by atoms with van der Waals surface area (Å²) in [6.07, 6.45) is 14.7. The highest BCUT2D eigenvalue weighted by atomic mass is 16.5. The number of esters is 1. The van der Waals surface area contributed by atoms with Crippen molar-refractivity contribution in [3.63, 3.8) is 0 Å². The Kier molecular flexibility index (Phi) is 11.6. The van der Waals surface area contributed by atoms with Crippen LogP contribution in [0, 0.1) is 5.92 Å². The number of hydrogen-bond acceptors (Lipinski definition) is 3. The van der Waals surface area contributed by atoms with Crippen LogP contribution in [-0.4, -0.2) is 24.5 Å². The van der Waals surface area contributed by atoms with Crippen LogP contribution in [0.15, 0.2) is 0 Å². The first-order valence-corrected chi connectivity index (χ1v) is 10.2. The molecule has 24 heavy (non-hydrogen) atoms. The summed E-state index contributed by atoms with van der Waals surface area (Å²) in [4.78, 5) is 24.1. The van der Waals surface area contributed by atoms with Crippen LogP contribution in [0.3, 0.4) is 0 Å². The van der Waals surface area contributed by atoms with Crippen molar-refractivity contribution in [3.05, 3.63) is 0 Å². The molecule has 0 saturated carbocycles. The summed E-state index contributed by atoms with van der Waals surface area (Å²) < 4.78 is 4.94. The molecule has 1 saturated heterocycles. The summed E-state index contributed by atoms with van der Waals surface area (Å²) in [6, 6.07) is -0.416. The number of carbonyl (C=O) groups is 2. The molecule has 4 heteroatoms. The fourth-order valence-corrected chi connectivity index (χ4v) is 3.31. The summed E-state index contributed by atoms with van der Waals surface area (Å²) in [6.45, 7) is 4.86. The van der Waals surface area contributed by atoms with Gasteiger partial charge in [0.1, 0.15) is 6.04 Å². The number of ether oxygens (including phenoxy) is 1. The van der Waals surface area contributed by atoms with E-state index < -0.39 is 6.04 Å². The first-order valence-electron chi connectivity index (χ1n) is 10.2. The summed E-state index contributed by atoms with van der Waals surface area (Å²) >= 11 is 0. The quantitative estimate of drug-likeness (QED) is 0.367. The predicted molar refractivity (Wildman–Crippen MR) is 97.7 cm³/mol. The van der Waals surface area contributed by atoms with E-state index in [1.165, 1.54) is 51.4 Å². The number of cyclic esters (lactones) is 1. The lowest BCUT2D eigenvalue weighted by Crippen LogP contribution is -2.41. The van der Waals surface area contributed by atoms with E-state index in [-0.39, 0.29) is 17.8 Å². The van der Waals surface area contributed by atoms with Gasteiger partial charge in [0.15, 0.2) is 0 Å². The molecule has 1 aliphatic heterocycles. The third kappa shape index (κ3) is 8.70. The first-order chi connectivity index (χ1) is 11.7. The Morgan fingerprint density at radius 1 is 1.00 bits per heavy atom. The van der Waals surface area contributed by atoms with Crippen LogP contribution >= 0.6 is 0 Å². The molecule has 1 N–H and O–H groups in total. The van der Waals surface area contributed by atoms with Gasteiger partial charge in [0, 0.05) is 12.3 Å². The van der Waals surface area contributed by atoms with Crippen molar-refractivity contribution >= 4 is 11.9 Å². The molecule has 0 aromatic rings. The van der Waals surface area contributed by atoms with E-state index in [9.17, 15) is 9.59 Å². The summed E-state index contributed by atoms with van der Waals surface area (Å²) in [5, 5.41) is 2.92. The molecule has 0 radical (unpaired) electrons. The lowest BCUT2D eigenvalue weighted by Gasteiger charge is -2.18. The largest absolute Gasteiger partial charge is 0.464 e. The molecule has 0 spiro atoms. The zero-order valence-corrected chi connectivity index (χ0v) is 15.8. The van der Waals surface area contributed by atoms with Crippen LogP contribution in [0.1, 0.15) is 97.3 Å². The molecule has 0 aromatic carbocycles. The van der Waals surface area contributed by atoms with Gasteiger partial charge in [-0.05, 0) is 12.8 Å². The van der Waals surface area contributed by atoms with Crippen LogP contribution in [0.25, 0.3) is 0 Å². The second-order valence-electron chi connectivity index (χ2n) is 7.12. The molecule has 1 fully saturated rings. The highest BCUT2D eigenvalue weighted by Gasteiger charge is 2.30. The summed E-state index contributed by atoms with van der Waals surface area (Å²) in [7, 11) is 0. The Morgan fingerprint density at radius 2 is 1.54 bits per heavy atom. The zero-order chi connectivity index (χ0) is 17.6. The molecule has 2 atom stereocenters. The van der Waals surface area contributed by atoms with Gasteiger partial charge in [0.2, 0.25) is 5.91 Å². The van der Waals surface area contributed by atoms with Gasteiger partial charge in [0.05, 0.1) is 6.61 Å². The van der Waals surface area contributed by atoms with Gasteiger partial charge in [-0.3, -0.25) is 4.79 Å². The molecular weight excluding hydrogens is 302 g/mol. The Bertz CT molecular complexity index is 357. The number of unbranched alkanes of at least 4 members (excludes halogenated alkanes) is 8. The second-order valence-corrected chi connectivity index (χ2v) is 7.12. The third-order valence-corrected chi connectivity index (χ3v) is 4.93. The van der Waals surface area contributed by atoms with E-state index in [4.69, 9.17) is 4.74 Å². The van der Waals surface area contributed by atoms with E-state index in [1.807, 2.05) is 0 Å².